The van der Waals surface area contributed by atoms with Crippen molar-refractivity contribution in [3.63, 3.8) is 0 Å². The van der Waals surface area contributed by atoms with Crippen LogP contribution in [0.4, 0.5) is 23.2 Å². The molecule has 0 fully saturated rings. The number of hydrogen-bond acceptors (Lipinski definition) is 4. The predicted molar refractivity (Wildman–Crippen MR) is 123 cm³/mol. The molecule has 0 aliphatic carbocycles. The number of ether oxygens (including phenoxy) is 1. The average molecular weight is 488 g/mol. The smallest absolute Gasteiger partial charge is 0.263 e. The standard InChI is InChI=1S/C23H16F4N4O2S/c1-10-7-8-11(21-28-12-5-3-4-6-13(12)29-21)9-14(10)30-23(34)31-22(32)15-16(24)18(26)20(33-2)19(27)17(15)25/h3-9H,1-2H3,(H,28,29)(H2,30,31,32,34). The summed E-state index contributed by atoms with van der Waals surface area (Å²) in [5.74, 6) is -9.63. The molecule has 0 saturated carbocycles. The third kappa shape index (κ3) is 4.17. The first-order valence-electron chi connectivity index (χ1n) is 9.79. The number of aryl methyl sites for hydroxylation is 1. The Balaban J connectivity index is 1.57. The summed E-state index contributed by atoms with van der Waals surface area (Å²) in [5.41, 5.74) is 2.06. The lowest BCUT2D eigenvalue weighted by atomic mass is 10.1. The summed E-state index contributed by atoms with van der Waals surface area (Å²) < 4.78 is 60.6. The summed E-state index contributed by atoms with van der Waals surface area (Å²) in [6.07, 6.45) is 0. The number of fused-ring (bicyclic) bond motifs is 1. The maximum absolute atomic E-state index is 14.2. The van der Waals surface area contributed by atoms with Crippen molar-refractivity contribution in [2.24, 2.45) is 0 Å². The van der Waals surface area contributed by atoms with Crippen LogP contribution in [-0.2, 0) is 0 Å². The highest BCUT2D eigenvalue weighted by atomic mass is 32.1. The number of halogens is 4. The molecular formula is C23H16F4N4O2S. The van der Waals surface area contributed by atoms with Crippen LogP contribution in [0.1, 0.15) is 15.9 Å². The Bertz CT molecular complexity index is 1390. The Hall–Kier alpha value is -3.99. The normalized spacial score (nSPS) is 10.9. The van der Waals surface area contributed by atoms with Gasteiger partial charge in [-0.25, -0.2) is 13.8 Å². The van der Waals surface area contributed by atoms with Gasteiger partial charge in [0.05, 0.1) is 18.1 Å². The van der Waals surface area contributed by atoms with Crippen molar-refractivity contribution in [2.45, 2.75) is 6.92 Å². The predicted octanol–water partition coefficient (Wildman–Crippen LogP) is 5.23. The Morgan fingerprint density at radius 1 is 1.03 bits per heavy atom. The Morgan fingerprint density at radius 2 is 1.71 bits per heavy atom. The molecule has 4 rings (SSSR count). The molecule has 1 aromatic heterocycles. The van der Waals surface area contributed by atoms with Gasteiger partial charge < -0.3 is 15.0 Å². The minimum absolute atomic E-state index is 0.342. The summed E-state index contributed by atoms with van der Waals surface area (Å²) in [4.78, 5) is 20.1. The summed E-state index contributed by atoms with van der Waals surface area (Å²) in [6.45, 7) is 1.77. The first-order chi connectivity index (χ1) is 16.2. The van der Waals surface area contributed by atoms with Gasteiger partial charge in [0.25, 0.3) is 5.91 Å². The van der Waals surface area contributed by atoms with Crippen LogP contribution in [0.15, 0.2) is 42.5 Å². The second-order valence-electron chi connectivity index (χ2n) is 7.20. The van der Waals surface area contributed by atoms with Crippen LogP contribution < -0.4 is 15.4 Å². The largest absolute Gasteiger partial charge is 0.491 e. The van der Waals surface area contributed by atoms with E-state index in [-0.39, 0.29) is 5.11 Å². The summed E-state index contributed by atoms with van der Waals surface area (Å²) in [5, 5.41) is 4.43. The number of benzene rings is 3. The van der Waals surface area contributed by atoms with Gasteiger partial charge in [0.1, 0.15) is 11.4 Å². The van der Waals surface area contributed by atoms with Gasteiger partial charge in [-0.1, -0.05) is 24.3 Å². The highest BCUT2D eigenvalue weighted by molar-refractivity contribution is 7.80. The zero-order chi connectivity index (χ0) is 24.6. The molecule has 4 aromatic rings. The number of nitrogens with one attached hydrogen (secondary N) is 3. The molecule has 0 aliphatic heterocycles. The lowest BCUT2D eigenvalue weighted by Crippen LogP contribution is -2.35. The zero-order valence-electron chi connectivity index (χ0n) is 17.7. The van der Waals surface area contributed by atoms with Crippen LogP contribution in [-0.4, -0.2) is 28.1 Å². The van der Waals surface area contributed by atoms with Crippen LogP contribution in [0.2, 0.25) is 0 Å². The number of aromatic amines is 1. The maximum Gasteiger partial charge on any atom is 0.263 e. The number of carbonyl (C=O) groups is 1. The van der Waals surface area contributed by atoms with Crippen LogP contribution in [0.5, 0.6) is 5.75 Å². The van der Waals surface area contributed by atoms with Crippen LogP contribution in [0.3, 0.4) is 0 Å². The summed E-state index contributed by atoms with van der Waals surface area (Å²) >= 11 is 5.06. The van der Waals surface area contributed by atoms with Crippen molar-refractivity contribution in [2.75, 3.05) is 12.4 Å². The number of anilines is 1. The number of hydrogen-bond donors (Lipinski definition) is 3. The van der Waals surface area contributed by atoms with E-state index in [9.17, 15) is 22.4 Å². The molecule has 0 bridgehead atoms. The quantitative estimate of drug-likeness (QED) is 0.208. The van der Waals surface area contributed by atoms with Gasteiger partial charge in [-0.05, 0) is 42.9 Å². The fourth-order valence-corrected chi connectivity index (χ4v) is 3.51. The van der Waals surface area contributed by atoms with Gasteiger partial charge in [-0.3, -0.25) is 10.1 Å². The zero-order valence-corrected chi connectivity index (χ0v) is 18.5. The number of rotatable bonds is 4. The molecule has 174 valence electrons. The minimum atomic E-state index is -1.90. The van der Waals surface area contributed by atoms with E-state index < -0.39 is 40.5 Å². The Labute approximate surface area is 196 Å². The van der Waals surface area contributed by atoms with E-state index in [2.05, 4.69) is 20.0 Å². The maximum atomic E-state index is 14.2. The van der Waals surface area contributed by atoms with Crippen molar-refractivity contribution in [3.8, 4) is 17.1 Å². The Kier molecular flexibility index (Phi) is 6.20. The van der Waals surface area contributed by atoms with Crippen molar-refractivity contribution < 1.29 is 27.1 Å². The number of amides is 1. The monoisotopic (exact) mass is 488 g/mol. The number of nitrogens with zero attached hydrogens (tertiary/aromatic N) is 1. The van der Waals surface area contributed by atoms with Crippen molar-refractivity contribution >= 4 is 40.0 Å². The lowest BCUT2D eigenvalue weighted by Gasteiger charge is -2.14. The van der Waals surface area contributed by atoms with Gasteiger partial charge in [-0.15, -0.1) is 0 Å². The number of methoxy groups -OCH3 is 1. The van der Waals surface area contributed by atoms with E-state index in [0.29, 0.717) is 17.1 Å². The SMILES string of the molecule is COc1c(F)c(F)c(C(=O)NC(=S)Nc2cc(-c3nc4ccccc4[nH]3)ccc2C)c(F)c1F. The van der Waals surface area contributed by atoms with Crippen LogP contribution in [0, 0.1) is 30.2 Å². The molecule has 11 heteroatoms. The number of carbonyl (C=O) groups excluding carboxylic acids is 1. The third-order valence-corrected chi connectivity index (χ3v) is 5.23. The molecule has 0 spiro atoms. The van der Waals surface area contributed by atoms with Crippen molar-refractivity contribution in [1.82, 2.24) is 15.3 Å². The molecule has 0 aliphatic rings. The first-order valence-corrected chi connectivity index (χ1v) is 10.2. The fourth-order valence-electron chi connectivity index (χ4n) is 3.30. The van der Waals surface area contributed by atoms with E-state index in [0.717, 1.165) is 23.7 Å². The molecule has 6 nitrogen and oxygen atoms in total. The molecule has 0 unspecified atom stereocenters. The molecule has 3 N–H and O–H groups in total. The minimum Gasteiger partial charge on any atom is -0.491 e. The van der Waals surface area contributed by atoms with Gasteiger partial charge >= 0.3 is 0 Å². The highest BCUT2D eigenvalue weighted by Gasteiger charge is 2.30. The summed E-state index contributed by atoms with van der Waals surface area (Å²) in [6, 6.07) is 12.8. The third-order valence-electron chi connectivity index (χ3n) is 5.03. The van der Waals surface area contributed by atoms with E-state index in [1.807, 2.05) is 35.6 Å². The van der Waals surface area contributed by atoms with Crippen molar-refractivity contribution in [3.05, 3.63) is 76.9 Å². The van der Waals surface area contributed by atoms with Crippen LogP contribution >= 0.6 is 12.2 Å². The average Bonchev–Trinajstić information content (AvgIpc) is 3.24. The van der Waals surface area contributed by atoms with Gasteiger partial charge in [0.2, 0.25) is 11.6 Å². The number of aromatic nitrogens is 2. The van der Waals surface area contributed by atoms with Crippen molar-refractivity contribution in [1.29, 1.82) is 0 Å². The molecule has 0 saturated heterocycles. The number of para-hydroxylation sites is 2. The number of imidazole rings is 1. The van der Waals surface area contributed by atoms with Crippen LogP contribution in [0.25, 0.3) is 22.4 Å². The van der Waals surface area contributed by atoms with E-state index >= 15 is 0 Å². The molecule has 1 heterocycles. The second kappa shape index (κ2) is 9.10. The number of thiocarbonyl (C=S) groups is 1. The molecule has 1 amide bonds. The van der Waals surface area contributed by atoms with E-state index in [4.69, 9.17) is 12.2 Å². The van der Waals surface area contributed by atoms with Gasteiger partial charge in [0.15, 0.2) is 22.5 Å². The molecule has 0 radical (unpaired) electrons. The van der Waals surface area contributed by atoms with Gasteiger partial charge in [0, 0.05) is 11.3 Å². The second-order valence-corrected chi connectivity index (χ2v) is 7.61. The molecule has 3 aromatic carbocycles. The van der Waals surface area contributed by atoms with E-state index in [1.165, 1.54) is 0 Å². The Morgan fingerprint density at radius 3 is 2.35 bits per heavy atom. The summed E-state index contributed by atoms with van der Waals surface area (Å²) in [7, 11) is 0.834. The molecule has 0 atom stereocenters. The van der Waals surface area contributed by atoms with E-state index in [1.54, 1.807) is 19.1 Å². The topological polar surface area (TPSA) is 79.0 Å². The number of H-pyrrole nitrogens is 1. The highest BCUT2D eigenvalue weighted by Crippen LogP contribution is 2.30. The lowest BCUT2D eigenvalue weighted by molar-refractivity contribution is 0.0966. The molecular weight excluding hydrogens is 472 g/mol. The van der Waals surface area contributed by atoms with Gasteiger partial charge in [-0.2, -0.15) is 8.78 Å². The molecule has 34 heavy (non-hydrogen) atoms. The fraction of sp³-hybridized carbons (Fsp3) is 0.0870. The first kappa shape index (κ1) is 23.2.